The van der Waals surface area contributed by atoms with E-state index in [4.69, 9.17) is 0 Å². The van der Waals surface area contributed by atoms with Gasteiger partial charge in [0.25, 0.3) is 0 Å². The van der Waals surface area contributed by atoms with Crippen molar-refractivity contribution in [2.45, 2.75) is 34.1 Å². The highest BCUT2D eigenvalue weighted by molar-refractivity contribution is 5.58. The van der Waals surface area contributed by atoms with Gasteiger partial charge < -0.3 is 10.2 Å². The molecule has 0 aliphatic rings. The van der Waals surface area contributed by atoms with E-state index < -0.39 is 0 Å². The number of nitrogens with one attached hydrogen (secondary N) is 1. The molecule has 17 heavy (non-hydrogen) atoms. The third-order valence-electron chi connectivity index (χ3n) is 3.11. The zero-order chi connectivity index (χ0) is 13.0. The Kier molecular flexibility index (Phi) is 4.73. The number of hydrogen-bond donors (Lipinski definition) is 1. The van der Waals surface area contributed by atoms with Gasteiger partial charge >= 0.3 is 0 Å². The van der Waals surface area contributed by atoms with Crippen LogP contribution >= 0.6 is 0 Å². The Bertz CT molecular complexity index is 376. The first kappa shape index (κ1) is 13.7. The summed E-state index contributed by atoms with van der Waals surface area (Å²) in [5.41, 5.74) is 1.11. The number of aryl methyl sites for hydroxylation is 1. The predicted octanol–water partition coefficient (Wildman–Crippen LogP) is 2.62. The van der Waals surface area contributed by atoms with E-state index in [-0.39, 0.29) is 0 Å². The largest absolute Gasteiger partial charge is 0.373 e. The normalized spacial score (nSPS) is 12.4. The second-order valence-electron chi connectivity index (χ2n) is 4.71. The first-order chi connectivity index (χ1) is 7.99. The SMILES string of the molecule is CCC(C)CN(C)c1nc(C)nc(NC)c1C. The maximum absolute atomic E-state index is 4.54. The van der Waals surface area contributed by atoms with Crippen molar-refractivity contribution in [1.82, 2.24) is 9.97 Å². The molecular weight excluding hydrogens is 212 g/mol. The number of hydrogen-bond acceptors (Lipinski definition) is 4. The standard InChI is InChI=1S/C13H24N4/c1-7-9(2)8-17(6)13-10(3)12(14-5)15-11(4)16-13/h9H,7-8H2,1-6H3,(H,14,15,16). The van der Waals surface area contributed by atoms with E-state index in [2.05, 4.69) is 48.0 Å². The summed E-state index contributed by atoms with van der Waals surface area (Å²) in [6.07, 6.45) is 1.19. The van der Waals surface area contributed by atoms with Gasteiger partial charge in [0.15, 0.2) is 0 Å². The third-order valence-corrected chi connectivity index (χ3v) is 3.11. The third kappa shape index (κ3) is 3.32. The molecular formula is C13H24N4. The smallest absolute Gasteiger partial charge is 0.137 e. The van der Waals surface area contributed by atoms with Crippen LogP contribution in [0.4, 0.5) is 11.6 Å². The Morgan fingerprint density at radius 1 is 1.29 bits per heavy atom. The van der Waals surface area contributed by atoms with Crippen molar-refractivity contribution >= 4 is 11.6 Å². The van der Waals surface area contributed by atoms with Crippen molar-refractivity contribution in [3.8, 4) is 0 Å². The molecule has 0 bridgehead atoms. The van der Waals surface area contributed by atoms with Crippen LogP contribution in [0.1, 0.15) is 31.7 Å². The Morgan fingerprint density at radius 2 is 1.94 bits per heavy atom. The summed E-state index contributed by atoms with van der Waals surface area (Å²) >= 11 is 0. The lowest BCUT2D eigenvalue weighted by Gasteiger charge is -2.24. The van der Waals surface area contributed by atoms with Crippen LogP contribution < -0.4 is 10.2 Å². The van der Waals surface area contributed by atoms with Crippen molar-refractivity contribution in [2.75, 3.05) is 30.9 Å². The fourth-order valence-corrected chi connectivity index (χ4v) is 1.91. The second-order valence-corrected chi connectivity index (χ2v) is 4.71. The van der Waals surface area contributed by atoms with E-state index in [9.17, 15) is 0 Å². The van der Waals surface area contributed by atoms with Gasteiger partial charge in [-0.2, -0.15) is 0 Å². The summed E-state index contributed by atoms with van der Waals surface area (Å²) in [6.45, 7) is 9.50. The zero-order valence-electron chi connectivity index (χ0n) is 11.8. The van der Waals surface area contributed by atoms with Crippen LogP contribution in [0.15, 0.2) is 0 Å². The summed E-state index contributed by atoms with van der Waals surface area (Å²) < 4.78 is 0. The van der Waals surface area contributed by atoms with Crippen molar-refractivity contribution in [2.24, 2.45) is 5.92 Å². The highest BCUT2D eigenvalue weighted by Gasteiger charge is 2.13. The topological polar surface area (TPSA) is 41.1 Å². The van der Waals surface area contributed by atoms with Gasteiger partial charge in [0.05, 0.1) is 0 Å². The fraction of sp³-hybridized carbons (Fsp3) is 0.692. The monoisotopic (exact) mass is 236 g/mol. The molecule has 1 atom stereocenters. The number of nitrogens with zero attached hydrogens (tertiary/aromatic N) is 3. The van der Waals surface area contributed by atoms with E-state index in [1.807, 2.05) is 14.0 Å². The lowest BCUT2D eigenvalue weighted by molar-refractivity contribution is 0.557. The lowest BCUT2D eigenvalue weighted by Crippen LogP contribution is -2.26. The van der Waals surface area contributed by atoms with Crippen molar-refractivity contribution in [3.05, 3.63) is 11.4 Å². The average Bonchev–Trinajstić information content (AvgIpc) is 2.31. The molecule has 0 radical (unpaired) electrons. The van der Waals surface area contributed by atoms with Gasteiger partial charge in [-0.15, -0.1) is 0 Å². The van der Waals surface area contributed by atoms with Crippen LogP contribution in [0.5, 0.6) is 0 Å². The quantitative estimate of drug-likeness (QED) is 0.853. The Hall–Kier alpha value is -1.32. The molecule has 96 valence electrons. The first-order valence-electron chi connectivity index (χ1n) is 6.23. The van der Waals surface area contributed by atoms with Gasteiger partial charge in [0, 0.05) is 26.2 Å². The summed E-state index contributed by atoms with van der Waals surface area (Å²) in [4.78, 5) is 11.1. The van der Waals surface area contributed by atoms with Crippen LogP contribution in [0.3, 0.4) is 0 Å². The molecule has 1 aromatic heterocycles. The second kappa shape index (κ2) is 5.84. The van der Waals surface area contributed by atoms with E-state index in [1.165, 1.54) is 6.42 Å². The summed E-state index contributed by atoms with van der Waals surface area (Å²) in [7, 11) is 3.99. The molecule has 0 saturated carbocycles. The van der Waals surface area contributed by atoms with Crippen molar-refractivity contribution in [3.63, 3.8) is 0 Å². The van der Waals surface area contributed by atoms with Crippen molar-refractivity contribution < 1.29 is 0 Å². The molecule has 0 aliphatic carbocycles. The predicted molar refractivity (Wildman–Crippen MR) is 73.8 cm³/mol. The molecule has 1 heterocycles. The molecule has 0 aliphatic heterocycles. The minimum absolute atomic E-state index is 0.674. The van der Waals surface area contributed by atoms with Crippen LogP contribution in [-0.4, -0.2) is 30.6 Å². The highest BCUT2D eigenvalue weighted by atomic mass is 15.2. The molecule has 1 rings (SSSR count). The van der Waals surface area contributed by atoms with Gasteiger partial charge in [-0.3, -0.25) is 0 Å². The van der Waals surface area contributed by atoms with Crippen molar-refractivity contribution in [1.29, 1.82) is 0 Å². The minimum atomic E-state index is 0.674. The molecule has 0 fully saturated rings. The molecule has 0 aromatic carbocycles. The maximum Gasteiger partial charge on any atom is 0.137 e. The van der Waals surface area contributed by atoms with Crippen LogP contribution in [0.25, 0.3) is 0 Å². The summed E-state index contributed by atoms with van der Waals surface area (Å²) in [6, 6.07) is 0. The van der Waals surface area contributed by atoms with E-state index >= 15 is 0 Å². The van der Waals surface area contributed by atoms with E-state index in [1.54, 1.807) is 0 Å². The molecule has 0 spiro atoms. The van der Waals surface area contributed by atoms with Crippen LogP contribution in [-0.2, 0) is 0 Å². The molecule has 1 aromatic rings. The maximum atomic E-state index is 4.54. The number of anilines is 2. The molecule has 1 unspecified atom stereocenters. The number of rotatable bonds is 5. The summed E-state index contributed by atoms with van der Waals surface area (Å²) in [5.74, 6) is 3.43. The molecule has 1 N–H and O–H groups in total. The molecule has 4 nitrogen and oxygen atoms in total. The van der Waals surface area contributed by atoms with Gasteiger partial charge in [0.2, 0.25) is 0 Å². The van der Waals surface area contributed by atoms with Crippen LogP contribution in [0.2, 0.25) is 0 Å². The van der Waals surface area contributed by atoms with Gasteiger partial charge in [-0.05, 0) is 19.8 Å². The molecule has 0 amide bonds. The minimum Gasteiger partial charge on any atom is -0.373 e. The fourth-order valence-electron chi connectivity index (χ4n) is 1.91. The zero-order valence-corrected chi connectivity index (χ0v) is 11.8. The molecule has 4 heteroatoms. The summed E-state index contributed by atoms with van der Waals surface area (Å²) in [5, 5.41) is 3.12. The van der Waals surface area contributed by atoms with Gasteiger partial charge in [0.1, 0.15) is 17.5 Å². The number of aromatic nitrogens is 2. The van der Waals surface area contributed by atoms with E-state index in [0.29, 0.717) is 5.92 Å². The molecule has 0 saturated heterocycles. The Labute approximate surface area is 104 Å². The first-order valence-corrected chi connectivity index (χ1v) is 6.23. The Balaban J connectivity index is 3.00. The van der Waals surface area contributed by atoms with Gasteiger partial charge in [-0.25, -0.2) is 9.97 Å². The van der Waals surface area contributed by atoms with E-state index in [0.717, 1.165) is 29.6 Å². The average molecular weight is 236 g/mol. The van der Waals surface area contributed by atoms with Gasteiger partial charge in [-0.1, -0.05) is 20.3 Å². The highest BCUT2D eigenvalue weighted by Crippen LogP contribution is 2.23. The lowest BCUT2D eigenvalue weighted by atomic mass is 10.1. The Morgan fingerprint density at radius 3 is 2.47 bits per heavy atom. The van der Waals surface area contributed by atoms with Crippen LogP contribution in [0, 0.1) is 19.8 Å².